The van der Waals surface area contributed by atoms with Crippen LogP contribution in [-0.2, 0) is 4.79 Å². The molecular weight excluding hydrogens is 192 g/mol. The van der Waals surface area contributed by atoms with Crippen LogP contribution in [0.4, 0.5) is 8.78 Å². The van der Waals surface area contributed by atoms with E-state index in [0.717, 1.165) is 0 Å². The molecule has 1 N–H and O–H groups in total. The first-order valence-electron chi connectivity index (χ1n) is 4.82. The standard InChI is InChI=1S/C9H15F2NO2/c10-9(11)3-5-12(6-4-9)8(14)2-1-7-13/h13H,1-7H2. The van der Waals surface area contributed by atoms with E-state index in [4.69, 9.17) is 5.11 Å². The fraction of sp³-hybridized carbons (Fsp3) is 0.889. The van der Waals surface area contributed by atoms with Gasteiger partial charge in [-0.1, -0.05) is 0 Å². The predicted molar refractivity (Wildman–Crippen MR) is 47.1 cm³/mol. The van der Waals surface area contributed by atoms with E-state index in [9.17, 15) is 13.6 Å². The van der Waals surface area contributed by atoms with Crippen LogP contribution in [-0.4, -0.2) is 41.5 Å². The molecule has 0 aromatic rings. The number of aliphatic hydroxyl groups excluding tert-OH is 1. The Kier molecular flexibility index (Phi) is 3.80. The fourth-order valence-corrected chi connectivity index (χ4v) is 1.47. The number of halogens is 2. The van der Waals surface area contributed by atoms with Gasteiger partial charge in [0.05, 0.1) is 0 Å². The summed E-state index contributed by atoms with van der Waals surface area (Å²) in [4.78, 5) is 12.8. The van der Waals surface area contributed by atoms with E-state index >= 15 is 0 Å². The number of aliphatic hydroxyl groups is 1. The fourth-order valence-electron chi connectivity index (χ4n) is 1.47. The van der Waals surface area contributed by atoms with Gasteiger partial charge in [0.15, 0.2) is 0 Å². The normalized spacial score (nSPS) is 20.9. The van der Waals surface area contributed by atoms with Gasteiger partial charge in [0.2, 0.25) is 5.91 Å². The minimum Gasteiger partial charge on any atom is -0.396 e. The molecule has 0 atom stereocenters. The number of hydrogen-bond acceptors (Lipinski definition) is 2. The van der Waals surface area contributed by atoms with Crippen molar-refractivity contribution in [3.8, 4) is 0 Å². The van der Waals surface area contributed by atoms with Crippen LogP contribution in [0.2, 0.25) is 0 Å². The zero-order chi connectivity index (χ0) is 10.6. The number of alkyl halides is 2. The SMILES string of the molecule is O=C(CCCO)N1CCC(F)(F)CC1. The maximum atomic E-state index is 12.7. The number of amides is 1. The van der Waals surface area contributed by atoms with Crippen molar-refractivity contribution >= 4 is 5.91 Å². The molecule has 82 valence electrons. The maximum Gasteiger partial charge on any atom is 0.251 e. The molecule has 1 rings (SSSR count). The second kappa shape index (κ2) is 4.68. The van der Waals surface area contributed by atoms with Gasteiger partial charge in [0, 0.05) is 39.0 Å². The van der Waals surface area contributed by atoms with Crippen molar-refractivity contribution in [1.29, 1.82) is 0 Å². The van der Waals surface area contributed by atoms with Crippen molar-refractivity contribution in [2.24, 2.45) is 0 Å². The summed E-state index contributed by atoms with van der Waals surface area (Å²) in [5.41, 5.74) is 0. The Labute approximate surface area is 81.7 Å². The lowest BCUT2D eigenvalue weighted by atomic mass is 10.1. The monoisotopic (exact) mass is 207 g/mol. The lowest BCUT2D eigenvalue weighted by Crippen LogP contribution is -2.42. The van der Waals surface area contributed by atoms with E-state index in [2.05, 4.69) is 0 Å². The Hall–Kier alpha value is -0.710. The first-order chi connectivity index (χ1) is 6.55. The summed E-state index contributed by atoms with van der Waals surface area (Å²) in [7, 11) is 0. The van der Waals surface area contributed by atoms with Crippen LogP contribution in [0.5, 0.6) is 0 Å². The average molecular weight is 207 g/mol. The third-order valence-electron chi connectivity index (χ3n) is 2.40. The van der Waals surface area contributed by atoms with Crippen molar-refractivity contribution in [3.63, 3.8) is 0 Å². The molecule has 0 radical (unpaired) electrons. The molecular formula is C9H15F2NO2. The summed E-state index contributed by atoms with van der Waals surface area (Å²) in [5, 5.41) is 8.51. The van der Waals surface area contributed by atoms with Gasteiger partial charge in [-0.05, 0) is 6.42 Å². The summed E-state index contributed by atoms with van der Waals surface area (Å²) in [5.74, 6) is -2.73. The molecule has 0 bridgehead atoms. The van der Waals surface area contributed by atoms with Crippen molar-refractivity contribution in [3.05, 3.63) is 0 Å². The molecule has 1 heterocycles. The number of hydrogen-bond donors (Lipinski definition) is 1. The van der Waals surface area contributed by atoms with Gasteiger partial charge in [-0.2, -0.15) is 0 Å². The molecule has 1 aliphatic rings. The highest BCUT2D eigenvalue weighted by molar-refractivity contribution is 5.76. The third kappa shape index (κ3) is 3.21. The van der Waals surface area contributed by atoms with Gasteiger partial charge in [0.25, 0.3) is 5.92 Å². The van der Waals surface area contributed by atoms with E-state index in [1.165, 1.54) is 4.90 Å². The predicted octanol–water partition coefficient (Wildman–Crippen LogP) is 1.02. The number of likely N-dealkylation sites (tertiary alicyclic amines) is 1. The summed E-state index contributed by atoms with van der Waals surface area (Å²) in [6, 6.07) is 0. The minimum atomic E-state index is -2.60. The lowest BCUT2D eigenvalue weighted by Gasteiger charge is -2.31. The summed E-state index contributed by atoms with van der Waals surface area (Å²) in [6.07, 6.45) is 0.184. The van der Waals surface area contributed by atoms with Crippen LogP contribution in [0, 0.1) is 0 Å². The molecule has 1 aliphatic heterocycles. The Morgan fingerprint density at radius 3 is 2.43 bits per heavy atom. The second-order valence-electron chi connectivity index (χ2n) is 3.56. The first-order valence-corrected chi connectivity index (χ1v) is 4.82. The van der Waals surface area contributed by atoms with E-state index < -0.39 is 5.92 Å². The molecule has 1 amide bonds. The zero-order valence-corrected chi connectivity index (χ0v) is 8.01. The van der Waals surface area contributed by atoms with Crippen molar-refractivity contribution in [2.45, 2.75) is 31.6 Å². The highest BCUT2D eigenvalue weighted by Crippen LogP contribution is 2.27. The molecule has 14 heavy (non-hydrogen) atoms. The van der Waals surface area contributed by atoms with E-state index in [1.54, 1.807) is 0 Å². The summed E-state index contributed by atoms with van der Waals surface area (Å²) in [6.45, 7) is 0.240. The molecule has 1 fully saturated rings. The number of rotatable bonds is 3. The zero-order valence-electron chi connectivity index (χ0n) is 8.01. The summed E-state index contributed by atoms with van der Waals surface area (Å²) < 4.78 is 25.4. The smallest absolute Gasteiger partial charge is 0.251 e. The van der Waals surface area contributed by atoms with Gasteiger partial charge >= 0.3 is 0 Å². The second-order valence-corrected chi connectivity index (χ2v) is 3.56. The highest BCUT2D eigenvalue weighted by Gasteiger charge is 2.35. The Balaban J connectivity index is 2.30. The maximum absolute atomic E-state index is 12.7. The van der Waals surface area contributed by atoms with E-state index in [0.29, 0.717) is 6.42 Å². The highest BCUT2D eigenvalue weighted by atomic mass is 19.3. The molecule has 5 heteroatoms. The van der Waals surface area contributed by atoms with Crippen molar-refractivity contribution in [2.75, 3.05) is 19.7 Å². The van der Waals surface area contributed by atoms with Crippen molar-refractivity contribution in [1.82, 2.24) is 4.90 Å². The number of piperidine rings is 1. The largest absolute Gasteiger partial charge is 0.396 e. The third-order valence-corrected chi connectivity index (χ3v) is 2.40. The van der Waals surface area contributed by atoms with E-state index in [1.807, 2.05) is 0 Å². The first kappa shape index (κ1) is 11.4. The average Bonchev–Trinajstić information content (AvgIpc) is 2.14. The quantitative estimate of drug-likeness (QED) is 0.750. The molecule has 0 aromatic carbocycles. The van der Waals surface area contributed by atoms with Crippen LogP contribution in [0.1, 0.15) is 25.7 Å². The molecule has 3 nitrogen and oxygen atoms in total. The summed E-state index contributed by atoms with van der Waals surface area (Å²) >= 11 is 0. The van der Waals surface area contributed by atoms with Crippen LogP contribution < -0.4 is 0 Å². The van der Waals surface area contributed by atoms with Crippen molar-refractivity contribution < 1.29 is 18.7 Å². The van der Waals surface area contributed by atoms with Gasteiger partial charge in [-0.25, -0.2) is 8.78 Å². The molecule has 1 saturated heterocycles. The number of nitrogens with zero attached hydrogens (tertiary/aromatic N) is 1. The van der Waals surface area contributed by atoms with Gasteiger partial charge in [-0.3, -0.25) is 4.79 Å². The lowest BCUT2D eigenvalue weighted by molar-refractivity contribution is -0.137. The Morgan fingerprint density at radius 1 is 1.36 bits per heavy atom. The number of carbonyl (C=O) groups excluding carboxylic acids is 1. The Morgan fingerprint density at radius 2 is 1.93 bits per heavy atom. The van der Waals surface area contributed by atoms with Gasteiger partial charge in [-0.15, -0.1) is 0 Å². The van der Waals surface area contributed by atoms with Crippen LogP contribution in [0.15, 0.2) is 0 Å². The minimum absolute atomic E-state index is 0.0320. The van der Waals surface area contributed by atoms with E-state index in [-0.39, 0.29) is 44.9 Å². The van der Waals surface area contributed by atoms with Crippen LogP contribution in [0.3, 0.4) is 0 Å². The van der Waals surface area contributed by atoms with Crippen LogP contribution >= 0.6 is 0 Å². The molecule has 0 aliphatic carbocycles. The van der Waals surface area contributed by atoms with Crippen LogP contribution in [0.25, 0.3) is 0 Å². The molecule has 0 spiro atoms. The molecule has 0 saturated carbocycles. The Bertz CT molecular complexity index is 199. The molecule has 0 aromatic heterocycles. The van der Waals surface area contributed by atoms with Gasteiger partial charge in [0.1, 0.15) is 0 Å². The number of carbonyl (C=O) groups is 1. The topological polar surface area (TPSA) is 40.5 Å². The molecule has 0 unspecified atom stereocenters. The van der Waals surface area contributed by atoms with Gasteiger partial charge < -0.3 is 10.0 Å².